The number of benzene rings is 8. The Balaban J connectivity index is 1.30. The number of hydrogen-bond acceptors (Lipinski definition) is 4. The molecule has 10 rings (SSSR count). The third-order valence-corrected chi connectivity index (χ3v) is 9.50. The van der Waals surface area contributed by atoms with Gasteiger partial charge in [0.15, 0.2) is 17.5 Å². The van der Waals surface area contributed by atoms with Crippen LogP contribution in [0.1, 0.15) is 0 Å². The molecule has 0 unspecified atom stereocenters. The highest BCUT2D eigenvalue weighted by Crippen LogP contribution is 2.41. The predicted molar refractivity (Wildman–Crippen MR) is 201 cm³/mol. The summed E-state index contributed by atoms with van der Waals surface area (Å²) in [5.41, 5.74) is 6.80. The van der Waals surface area contributed by atoms with Gasteiger partial charge in [0.25, 0.3) is 0 Å². The topological polar surface area (TPSA) is 51.8 Å². The Labute approximate surface area is 282 Å². The van der Waals surface area contributed by atoms with E-state index >= 15 is 0 Å². The molecule has 10 aromatic rings. The molecular formula is C45H27N3O. The van der Waals surface area contributed by atoms with Crippen molar-refractivity contribution in [3.8, 4) is 45.3 Å². The van der Waals surface area contributed by atoms with Crippen LogP contribution in [0.4, 0.5) is 0 Å². The number of para-hydroxylation sites is 1. The molecule has 0 bridgehead atoms. The fourth-order valence-corrected chi connectivity index (χ4v) is 7.09. The average Bonchev–Trinajstić information content (AvgIpc) is 3.56. The van der Waals surface area contributed by atoms with Gasteiger partial charge < -0.3 is 4.42 Å². The molecule has 0 aliphatic rings. The Hall–Kier alpha value is -6.65. The summed E-state index contributed by atoms with van der Waals surface area (Å²) in [5, 5.41) is 8.67. The normalized spacial score (nSPS) is 11.7. The molecule has 0 atom stereocenters. The third kappa shape index (κ3) is 4.57. The lowest BCUT2D eigenvalue weighted by atomic mass is 9.95. The molecule has 0 fully saturated rings. The molecule has 0 spiro atoms. The number of hydrogen-bond donors (Lipinski definition) is 0. The van der Waals surface area contributed by atoms with Gasteiger partial charge in [0.1, 0.15) is 11.2 Å². The van der Waals surface area contributed by atoms with E-state index in [0.717, 1.165) is 76.7 Å². The van der Waals surface area contributed by atoms with E-state index in [1.54, 1.807) is 0 Å². The molecule has 2 aromatic heterocycles. The van der Waals surface area contributed by atoms with Crippen molar-refractivity contribution in [2.45, 2.75) is 0 Å². The average molecular weight is 626 g/mol. The second-order valence-corrected chi connectivity index (χ2v) is 12.4. The fraction of sp³-hybridized carbons (Fsp3) is 0. The summed E-state index contributed by atoms with van der Waals surface area (Å²) >= 11 is 0. The summed E-state index contributed by atoms with van der Waals surface area (Å²) in [6, 6.07) is 56.9. The maximum atomic E-state index is 6.52. The molecule has 228 valence electrons. The lowest BCUT2D eigenvalue weighted by Crippen LogP contribution is -2.01. The molecule has 0 N–H and O–H groups in total. The highest BCUT2D eigenvalue weighted by molar-refractivity contribution is 6.19. The molecule has 0 aliphatic heterocycles. The van der Waals surface area contributed by atoms with Crippen LogP contribution in [0.25, 0.3) is 99.5 Å². The minimum Gasteiger partial charge on any atom is -0.455 e. The zero-order valence-electron chi connectivity index (χ0n) is 26.3. The summed E-state index contributed by atoms with van der Waals surface area (Å²) in [4.78, 5) is 15.7. The molecular weight excluding hydrogens is 599 g/mol. The Morgan fingerprint density at radius 3 is 1.88 bits per heavy atom. The van der Waals surface area contributed by atoms with Gasteiger partial charge in [-0.15, -0.1) is 0 Å². The van der Waals surface area contributed by atoms with E-state index in [1.165, 1.54) is 5.39 Å². The number of aromatic nitrogens is 3. The van der Waals surface area contributed by atoms with Crippen LogP contribution in [0.5, 0.6) is 0 Å². The van der Waals surface area contributed by atoms with Crippen LogP contribution < -0.4 is 0 Å². The van der Waals surface area contributed by atoms with Gasteiger partial charge in [0.2, 0.25) is 0 Å². The summed E-state index contributed by atoms with van der Waals surface area (Å²) in [7, 11) is 0. The summed E-state index contributed by atoms with van der Waals surface area (Å²) in [6.45, 7) is 0. The van der Waals surface area contributed by atoms with Crippen molar-refractivity contribution >= 4 is 54.3 Å². The van der Waals surface area contributed by atoms with Crippen LogP contribution in [-0.2, 0) is 0 Å². The van der Waals surface area contributed by atoms with E-state index in [0.29, 0.717) is 17.5 Å². The van der Waals surface area contributed by atoms with Gasteiger partial charge in [-0.25, -0.2) is 15.0 Å². The minimum atomic E-state index is 0.614. The van der Waals surface area contributed by atoms with Gasteiger partial charge in [0, 0.05) is 32.8 Å². The van der Waals surface area contributed by atoms with Gasteiger partial charge in [-0.1, -0.05) is 133 Å². The van der Waals surface area contributed by atoms with E-state index in [-0.39, 0.29) is 0 Å². The van der Waals surface area contributed by atoms with Crippen LogP contribution in [0.2, 0.25) is 0 Å². The van der Waals surface area contributed by atoms with Gasteiger partial charge in [0.05, 0.1) is 0 Å². The number of furan rings is 1. The van der Waals surface area contributed by atoms with Gasteiger partial charge >= 0.3 is 0 Å². The SMILES string of the molecule is c1ccc(-c2ccc3c(c2)c(-c2nc(-c4ccc5ccccc5c4)nc(-c4cccc5ccccc45)n2)cc2c4ccccc4oc32)cc1. The Morgan fingerprint density at radius 1 is 0.327 bits per heavy atom. The minimum absolute atomic E-state index is 0.614. The molecule has 0 radical (unpaired) electrons. The van der Waals surface area contributed by atoms with Gasteiger partial charge in [-0.3, -0.25) is 0 Å². The smallest absolute Gasteiger partial charge is 0.164 e. The lowest BCUT2D eigenvalue weighted by molar-refractivity contribution is 0.672. The Morgan fingerprint density at radius 2 is 1.00 bits per heavy atom. The quantitative estimate of drug-likeness (QED) is 0.195. The zero-order chi connectivity index (χ0) is 32.3. The van der Waals surface area contributed by atoms with Crippen LogP contribution in [0, 0.1) is 0 Å². The second kappa shape index (κ2) is 11.0. The van der Waals surface area contributed by atoms with Gasteiger partial charge in [-0.05, 0) is 68.4 Å². The van der Waals surface area contributed by atoms with E-state index in [2.05, 4.69) is 146 Å². The van der Waals surface area contributed by atoms with E-state index in [9.17, 15) is 0 Å². The largest absolute Gasteiger partial charge is 0.455 e. The molecule has 0 amide bonds. The van der Waals surface area contributed by atoms with Crippen molar-refractivity contribution in [1.82, 2.24) is 15.0 Å². The van der Waals surface area contributed by atoms with E-state index in [1.807, 2.05) is 18.2 Å². The predicted octanol–water partition coefficient (Wildman–Crippen LogP) is 11.9. The Kier molecular flexibility index (Phi) is 6.15. The first-order valence-corrected chi connectivity index (χ1v) is 16.4. The zero-order valence-corrected chi connectivity index (χ0v) is 26.3. The van der Waals surface area contributed by atoms with Gasteiger partial charge in [-0.2, -0.15) is 0 Å². The third-order valence-electron chi connectivity index (χ3n) is 9.50. The van der Waals surface area contributed by atoms with E-state index in [4.69, 9.17) is 19.4 Å². The summed E-state index contributed by atoms with van der Waals surface area (Å²) in [6.07, 6.45) is 0. The van der Waals surface area contributed by atoms with Crippen LogP contribution in [0.3, 0.4) is 0 Å². The summed E-state index contributed by atoms with van der Waals surface area (Å²) < 4.78 is 6.52. The van der Waals surface area contributed by atoms with Crippen LogP contribution in [-0.4, -0.2) is 15.0 Å². The van der Waals surface area contributed by atoms with Crippen LogP contribution >= 0.6 is 0 Å². The first-order valence-electron chi connectivity index (χ1n) is 16.4. The maximum absolute atomic E-state index is 6.52. The van der Waals surface area contributed by atoms with E-state index < -0.39 is 0 Å². The van der Waals surface area contributed by atoms with Crippen molar-refractivity contribution in [2.75, 3.05) is 0 Å². The first kappa shape index (κ1) is 27.5. The number of rotatable bonds is 4. The van der Waals surface area contributed by atoms with Crippen molar-refractivity contribution in [1.29, 1.82) is 0 Å². The molecule has 49 heavy (non-hydrogen) atoms. The second-order valence-electron chi connectivity index (χ2n) is 12.4. The molecule has 4 nitrogen and oxygen atoms in total. The molecule has 8 aromatic carbocycles. The van der Waals surface area contributed by atoms with Crippen molar-refractivity contribution in [2.24, 2.45) is 0 Å². The Bertz CT molecular complexity index is 2890. The molecule has 2 heterocycles. The lowest BCUT2D eigenvalue weighted by Gasteiger charge is -2.13. The molecule has 0 aliphatic carbocycles. The maximum Gasteiger partial charge on any atom is 0.164 e. The summed E-state index contributed by atoms with van der Waals surface area (Å²) in [5.74, 6) is 1.88. The number of fused-ring (bicyclic) bond motifs is 7. The van der Waals surface area contributed by atoms with Crippen molar-refractivity contribution < 1.29 is 4.42 Å². The van der Waals surface area contributed by atoms with Crippen LogP contribution in [0.15, 0.2) is 168 Å². The van der Waals surface area contributed by atoms with Crippen molar-refractivity contribution in [3.63, 3.8) is 0 Å². The first-order chi connectivity index (χ1) is 24.3. The monoisotopic (exact) mass is 625 g/mol. The fourth-order valence-electron chi connectivity index (χ4n) is 7.09. The highest BCUT2D eigenvalue weighted by atomic mass is 16.3. The standard InChI is InChI=1S/C45H27N3O/c1-2-11-28(12-3-1)32-23-24-36-38(26-32)40(27-39-35-18-8-9-20-41(35)49-42(36)39)45-47-43(33-22-21-29-13-4-5-15-31(29)25-33)46-44(48-45)37-19-10-16-30-14-6-7-17-34(30)37/h1-27H. The number of nitrogens with zero attached hydrogens (tertiary/aromatic N) is 3. The van der Waals surface area contributed by atoms with Crippen molar-refractivity contribution in [3.05, 3.63) is 164 Å². The molecule has 0 saturated heterocycles. The highest BCUT2D eigenvalue weighted by Gasteiger charge is 2.20. The molecule has 4 heteroatoms. The molecule has 0 saturated carbocycles.